The van der Waals surface area contributed by atoms with Gasteiger partial charge in [-0.2, -0.15) is 4.98 Å². The van der Waals surface area contributed by atoms with Crippen LogP contribution in [0.2, 0.25) is 0 Å². The van der Waals surface area contributed by atoms with Gasteiger partial charge in [-0.25, -0.2) is 0 Å². The molecule has 1 aromatic heterocycles. The maximum Gasteiger partial charge on any atom is 0.307 e. The van der Waals surface area contributed by atoms with Crippen LogP contribution in [0.3, 0.4) is 0 Å². The van der Waals surface area contributed by atoms with Crippen molar-refractivity contribution in [1.29, 1.82) is 0 Å². The SMILES string of the molecule is CCOC(C)c1noc([C@@H]2CC=CC[C@@H]2C(=O)O)n1. The molecule has 104 valence electrons. The molecule has 1 heterocycles. The van der Waals surface area contributed by atoms with Crippen LogP contribution >= 0.6 is 0 Å². The molecule has 1 aliphatic rings. The fourth-order valence-corrected chi connectivity index (χ4v) is 2.25. The van der Waals surface area contributed by atoms with Gasteiger partial charge in [0.15, 0.2) is 5.82 Å². The molecule has 0 radical (unpaired) electrons. The van der Waals surface area contributed by atoms with Crippen molar-refractivity contribution in [3.63, 3.8) is 0 Å². The van der Waals surface area contributed by atoms with Gasteiger partial charge in [-0.3, -0.25) is 4.79 Å². The number of hydrogen-bond donors (Lipinski definition) is 1. The summed E-state index contributed by atoms with van der Waals surface area (Å²) < 4.78 is 10.6. The van der Waals surface area contributed by atoms with Crippen LogP contribution in [-0.2, 0) is 9.53 Å². The van der Waals surface area contributed by atoms with Crippen LogP contribution < -0.4 is 0 Å². The summed E-state index contributed by atoms with van der Waals surface area (Å²) in [5.41, 5.74) is 0. The minimum Gasteiger partial charge on any atom is -0.481 e. The van der Waals surface area contributed by atoms with Crippen LogP contribution in [0.25, 0.3) is 0 Å². The summed E-state index contributed by atoms with van der Waals surface area (Å²) in [6.45, 7) is 4.30. The lowest BCUT2D eigenvalue weighted by Crippen LogP contribution is -2.23. The van der Waals surface area contributed by atoms with Crippen LogP contribution in [0.1, 0.15) is 50.4 Å². The third kappa shape index (κ3) is 3.01. The zero-order valence-corrected chi connectivity index (χ0v) is 11.1. The summed E-state index contributed by atoms with van der Waals surface area (Å²) in [6, 6.07) is 0. The maximum atomic E-state index is 11.2. The van der Waals surface area contributed by atoms with Gasteiger partial charge < -0.3 is 14.4 Å². The predicted octanol–water partition coefficient (Wildman–Crippen LogP) is 2.30. The average Bonchev–Trinajstić information content (AvgIpc) is 2.88. The molecular formula is C13H18N2O4. The number of ether oxygens (including phenoxy) is 1. The molecule has 0 bridgehead atoms. The molecule has 0 saturated heterocycles. The Morgan fingerprint density at radius 1 is 1.58 bits per heavy atom. The Hall–Kier alpha value is -1.69. The Labute approximate surface area is 111 Å². The lowest BCUT2D eigenvalue weighted by atomic mass is 9.83. The van der Waals surface area contributed by atoms with Crippen molar-refractivity contribution in [2.24, 2.45) is 5.92 Å². The van der Waals surface area contributed by atoms with Gasteiger partial charge in [0.25, 0.3) is 0 Å². The quantitative estimate of drug-likeness (QED) is 0.823. The minimum atomic E-state index is -0.827. The Morgan fingerprint density at radius 2 is 2.32 bits per heavy atom. The summed E-state index contributed by atoms with van der Waals surface area (Å²) in [7, 11) is 0. The molecule has 0 aliphatic heterocycles. The lowest BCUT2D eigenvalue weighted by molar-refractivity contribution is -0.142. The number of hydrogen-bond acceptors (Lipinski definition) is 5. The van der Waals surface area contributed by atoms with E-state index in [2.05, 4.69) is 10.1 Å². The van der Waals surface area contributed by atoms with Gasteiger partial charge in [-0.15, -0.1) is 0 Å². The van der Waals surface area contributed by atoms with Crippen molar-refractivity contribution in [2.75, 3.05) is 6.61 Å². The van der Waals surface area contributed by atoms with Crippen LogP contribution in [0.4, 0.5) is 0 Å². The zero-order chi connectivity index (χ0) is 13.8. The number of aromatic nitrogens is 2. The number of carbonyl (C=O) groups is 1. The smallest absolute Gasteiger partial charge is 0.307 e. The monoisotopic (exact) mass is 266 g/mol. The van der Waals surface area contributed by atoms with Gasteiger partial charge >= 0.3 is 5.97 Å². The predicted molar refractivity (Wildman–Crippen MR) is 66.6 cm³/mol. The second kappa shape index (κ2) is 5.97. The van der Waals surface area contributed by atoms with Crippen molar-refractivity contribution in [3.8, 4) is 0 Å². The van der Waals surface area contributed by atoms with Crippen LogP contribution in [-0.4, -0.2) is 27.8 Å². The number of aliphatic carboxylic acids is 1. The number of rotatable bonds is 5. The molecule has 1 unspecified atom stereocenters. The lowest BCUT2D eigenvalue weighted by Gasteiger charge is -2.21. The molecule has 3 atom stereocenters. The fourth-order valence-electron chi connectivity index (χ4n) is 2.25. The van der Waals surface area contributed by atoms with Gasteiger partial charge in [0.05, 0.1) is 11.8 Å². The number of carboxylic acid groups (broad SMARTS) is 1. The van der Waals surface area contributed by atoms with Crippen molar-refractivity contribution in [2.45, 2.75) is 38.7 Å². The molecule has 0 fully saturated rings. The van der Waals surface area contributed by atoms with E-state index in [0.717, 1.165) is 0 Å². The number of carboxylic acids is 1. The van der Waals surface area contributed by atoms with Gasteiger partial charge in [-0.05, 0) is 26.7 Å². The molecule has 1 N–H and O–H groups in total. The van der Waals surface area contributed by atoms with E-state index in [0.29, 0.717) is 31.2 Å². The van der Waals surface area contributed by atoms with Crippen LogP contribution in [0.5, 0.6) is 0 Å². The first-order valence-electron chi connectivity index (χ1n) is 6.46. The first-order valence-corrected chi connectivity index (χ1v) is 6.46. The normalized spacial score (nSPS) is 24.3. The highest BCUT2D eigenvalue weighted by Crippen LogP contribution is 2.34. The topological polar surface area (TPSA) is 85.5 Å². The van der Waals surface area contributed by atoms with Gasteiger partial charge in [-0.1, -0.05) is 17.3 Å². The molecule has 19 heavy (non-hydrogen) atoms. The Bertz CT molecular complexity index is 469. The van der Waals surface area contributed by atoms with Crippen LogP contribution in [0, 0.1) is 5.92 Å². The first-order chi connectivity index (χ1) is 9.13. The average molecular weight is 266 g/mol. The number of nitrogens with zero attached hydrogens (tertiary/aromatic N) is 2. The van der Waals surface area contributed by atoms with E-state index in [1.165, 1.54) is 0 Å². The van der Waals surface area contributed by atoms with Gasteiger partial charge in [0, 0.05) is 6.61 Å². The molecular weight excluding hydrogens is 248 g/mol. The van der Waals surface area contributed by atoms with E-state index < -0.39 is 11.9 Å². The van der Waals surface area contributed by atoms with E-state index >= 15 is 0 Å². The molecule has 0 spiro atoms. The standard InChI is InChI=1S/C13H18N2O4/c1-3-18-8(2)11-14-12(19-15-11)9-6-4-5-7-10(9)13(16)17/h4-5,8-10H,3,6-7H2,1-2H3,(H,16,17)/t8?,9-,10+/m1/s1. The molecule has 0 aromatic carbocycles. The molecule has 0 saturated carbocycles. The Kier molecular flexibility index (Phi) is 4.31. The molecule has 1 aliphatic carbocycles. The highest BCUT2D eigenvalue weighted by Gasteiger charge is 2.34. The molecule has 0 amide bonds. The Balaban J connectivity index is 2.17. The van der Waals surface area contributed by atoms with Crippen molar-refractivity contribution in [1.82, 2.24) is 10.1 Å². The minimum absolute atomic E-state index is 0.245. The van der Waals surface area contributed by atoms with Gasteiger partial charge in [0.1, 0.15) is 6.10 Å². The van der Waals surface area contributed by atoms with Gasteiger partial charge in [0.2, 0.25) is 5.89 Å². The highest BCUT2D eigenvalue weighted by atomic mass is 16.5. The summed E-state index contributed by atoms with van der Waals surface area (Å²) in [5.74, 6) is -0.723. The molecule has 1 aromatic rings. The van der Waals surface area contributed by atoms with Crippen molar-refractivity contribution >= 4 is 5.97 Å². The largest absolute Gasteiger partial charge is 0.481 e. The fraction of sp³-hybridized carbons (Fsp3) is 0.615. The first kappa shape index (κ1) is 13.7. The van der Waals surface area contributed by atoms with Crippen molar-refractivity contribution in [3.05, 3.63) is 23.9 Å². The zero-order valence-electron chi connectivity index (χ0n) is 11.1. The van der Waals surface area contributed by atoms with E-state index in [9.17, 15) is 9.90 Å². The second-order valence-corrected chi connectivity index (χ2v) is 4.58. The summed E-state index contributed by atoms with van der Waals surface area (Å²) in [5, 5.41) is 13.1. The van der Waals surface area contributed by atoms with Crippen molar-refractivity contribution < 1.29 is 19.2 Å². The second-order valence-electron chi connectivity index (χ2n) is 4.58. The van der Waals surface area contributed by atoms with E-state index in [4.69, 9.17) is 9.26 Å². The summed E-state index contributed by atoms with van der Waals surface area (Å²) in [4.78, 5) is 15.5. The number of allylic oxidation sites excluding steroid dienone is 2. The molecule has 2 rings (SSSR count). The Morgan fingerprint density at radius 3 is 3.00 bits per heavy atom. The van der Waals surface area contributed by atoms with E-state index in [-0.39, 0.29) is 12.0 Å². The van der Waals surface area contributed by atoms with Crippen LogP contribution in [0.15, 0.2) is 16.7 Å². The van der Waals surface area contributed by atoms with E-state index in [1.807, 2.05) is 26.0 Å². The molecule has 6 nitrogen and oxygen atoms in total. The maximum absolute atomic E-state index is 11.2. The third-order valence-corrected chi connectivity index (χ3v) is 3.30. The summed E-state index contributed by atoms with van der Waals surface area (Å²) in [6.07, 6.45) is 4.71. The molecule has 6 heteroatoms. The highest BCUT2D eigenvalue weighted by molar-refractivity contribution is 5.71. The summed E-state index contributed by atoms with van der Waals surface area (Å²) >= 11 is 0. The van der Waals surface area contributed by atoms with E-state index in [1.54, 1.807) is 0 Å². The third-order valence-electron chi connectivity index (χ3n) is 3.30.